The number of rotatable bonds is 5. The third kappa shape index (κ3) is 4.18. The quantitative estimate of drug-likeness (QED) is 0.426. The molecule has 0 radical (unpaired) electrons. The van der Waals surface area contributed by atoms with Crippen LogP contribution in [0.4, 0.5) is 0 Å². The van der Waals surface area contributed by atoms with E-state index in [-0.39, 0.29) is 5.75 Å². The van der Waals surface area contributed by atoms with Crippen LogP contribution in [0.3, 0.4) is 0 Å². The number of thiol groups is 1. The van der Waals surface area contributed by atoms with Gasteiger partial charge in [0.15, 0.2) is 0 Å². The van der Waals surface area contributed by atoms with Crippen LogP contribution in [0.1, 0.15) is 17.2 Å². The molecule has 2 unspecified atom stereocenters. The van der Waals surface area contributed by atoms with Crippen molar-refractivity contribution in [2.24, 2.45) is 0 Å². The van der Waals surface area contributed by atoms with Gasteiger partial charge in [-0.3, -0.25) is 0 Å². The van der Waals surface area contributed by atoms with Crippen LogP contribution in [-0.4, -0.2) is 35.1 Å². The predicted molar refractivity (Wildman–Crippen MR) is 72.3 cm³/mol. The second-order valence-electron chi connectivity index (χ2n) is 3.72. The maximum atomic E-state index is 10.9. The minimum absolute atomic E-state index is 0.186. The zero-order chi connectivity index (χ0) is 13.5. The molecular weight excluding hydrogens is 252 g/mol. The van der Waals surface area contributed by atoms with Gasteiger partial charge in [0.1, 0.15) is 6.10 Å². The van der Waals surface area contributed by atoms with E-state index < -0.39 is 18.2 Å². The molecule has 0 spiro atoms. The zero-order valence-electron chi connectivity index (χ0n) is 9.98. The first-order valence-electron chi connectivity index (χ1n) is 5.41. The number of carbonyl (C=O) groups is 1. The highest BCUT2D eigenvalue weighted by Gasteiger charge is 2.16. The molecule has 4 nitrogen and oxygen atoms in total. The van der Waals surface area contributed by atoms with Gasteiger partial charge in [0.25, 0.3) is 0 Å². The summed E-state index contributed by atoms with van der Waals surface area (Å²) in [7, 11) is 1.31. The molecule has 1 rings (SSSR count). The molecule has 0 heterocycles. The minimum Gasteiger partial charge on any atom is -0.466 e. The lowest BCUT2D eigenvalue weighted by atomic mass is 10.0. The third-order valence-electron chi connectivity index (χ3n) is 2.44. The molecular formula is C13H16O4S. The van der Waals surface area contributed by atoms with Gasteiger partial charge in [-0.25, -0.2) is 4.79 Å². The molecule has 0 saturated carbocycles. The molecule has 18 heavy (non-hydrogen) atoms. The molecule has 0 aliphatic heterocycles. The number of methoxy groups -OCH3 is 1. The van der Waals surface area contributed by atoms with E-state index in [9.17, 15) is 15.0 Å². The maximum Gasteiger partial charge on any atom is 0.330 e. The Bertz CT molecular complexity index is 414. The zero-order valence-corrected chi connectivity index (χ0v) is 10.9. The molecule has 0 aliphatic rings. The van der Waals surface area contributed by atoms with Crippen molar-refractivity contribution in [3.8, 4) is 0 Å². The largest absolute Gasteiger partial charge is 0.466 e. The molecule has 0 bridgehead atoms. The fourth-order valence-electron chi connectivity index (χ4n) is 1.36. The van der Waals surface area contributed by atoms with Crippen LogP contribution in [0.5, 0.6) is 0 Å². The van der Waals surface area contributed by atoms with E-state index in [1.807, 2.05) is 0 Å². The molecule has 2 atom stereocenters. The summed E-state index contributed by atoms with van der Waals surface area (Å²) in [6, 6.07) is 6.86. The summed E-state index contributed by atoms with van der Waals surface area (Å²) in [5, 5.41) is 19.2. The van der Waals surface area contributed by atoms with Crippen LogP contribution in [0.15, 0.2) is 30.3 Å². The van der Waals surface area contributed by atoms with E-state index in [1.165, 1.54) is 13.2 Å². The van der Waals surface area contributed by atoms with Gasteiger partial charge in [-0.15, -0.1) is 0 Å². The van der Waals surface area contributed by atoms with Crippen LogP contribution in [0.2, 0.25) is 0 Å². The van der Waals surface area contributed by atoms with Gasteiger partial charge in [0.2, 0.25) is 0 Å². The number of carbonyl (C=O) groups excluding carboxylic acids is 1. The van der Waals surface area contributed by atoms with Crippen molar-refractivity contribution in [1.82, 2.24) is 0 Å². The Morgan fingerprint density at radius 2 is 2.00 bits per heavy atom. The number of hydrogen-bond donors (Lipinski definition) is 3. The van der Waals surface area contributed by atoms with Gasteiger partial charge in [-0.05, 0) is 17.2 Å². The summed E-state index contributed by atoms with van der Waals surface area (Å²) in [6.45, 7) is 0. The smallest absolute Gasteiger partial charge is 0.330 e. The summed E-state index contributed by atoms with van der Waals surface area (Å²) in [4.78, 5) is 10.9. The fourth-order valence-corrected chi connectivity index (χ4v) is 1.56. The first-order valence-corrected chi connectivity index (χ1v) is 6.04. The predicted octanol–water partition coefficient (Wildman–Crippen LogP) is 1.20. The van der Waals surface area contributed by atoms with Gasteiger partial charge in [-0.2, -0.15) is 12.6 Å². The van der Waals surface area contributed by atoms with Crippen molar-refractivity contribution >= 4 is 24.7 Å². The summed E-state index contributed by atoms with van der Waals surface area (Å²) in [6.07, 6.45) is 1.07. The number of hydrogen-bond acceptors (Lipinski definition) is 5. The van der Waals surface area contributed by atoms with Crippen molar-refractivity contribution in [2.75, 3.05) is 12.9 Å². The number of aliphatic hydroxyl groups excluding tert-OH is 2. The van der Waals surface area contributed by atoms with Gasteiger partial charge < -0.3 is 14.9 Å². The van der Waals surface area contributed by atoms with Gasteiger partial charge >= 0.3 is 5.97 Å². The number of benzene rings is 1. The van der Waals surface area contributed by atoms with Crippen molar-refractivity contribution in [1.29, 1.82) is 0 Å². The maximum absolute atomic E-state index is 10.9. The van der Waals surface area contributed by atoms with Crippen LogP contribution in [-0.2, 0) is 9.53 Å². The van der Waals surface area contributed by atoms with Crippen molar-refractivity contribution < 1.29 is 19.7 Å². The topological polar surface area (TPSA) is 66.8 Å². The van der Waals surface area contributed by atoms with Crippen molar-refractivity contribution in [3.05, 3.63) is 41.5 Å². The first kappa shape index (κ1) is 14.8. The Hall–Kier alpha value is -1.30. The van der Waals surface area contributed by atoms with E-state index >= 15 is 0 Å². The van der Waals surface area contributed by atoms with Crippen molar-refractivity contribution in [2.45, 2.75) is 12.2 Å². The van der Waals surface area contributed by atoms with Crippen LogP contribution in [0, 0.1) is 0 Å². The Labute approximate surface area is 111 Å². The lowest BCUT2D eigenvalue weighted by molar-refractivity contribution is -0.134. The van der Waals surface area contributed by atoms with Crippen LogP contribution >= 0.6 is 12.6 Å². The average Bonchev–Trinajstić information content (AvgIpc) is 2.43. The average molecular weight is 268 g/mol. The molecule has 1 aromatic carbocycles. The monoisotopic (exact) mass is 268 g/mol. The highest BCUT2D eigenvalue weighted by Crippen LogP contribution is 2.18. The lowest BCUT2D eigenvalue weighted by Crippen LogP contribution is -2.19. The fraction of sp³-hybridized carbons (Fsp3) is 0.308. The molecule has 5 heteroatoms. The number of esters is 1. The molecule has 98 valence electrons. The minimum atomic E-state index is -0.957. The van der Waals surface area contributed by atoms with E-state index in [0.29, 0.717) is 5.56 Å². The Balaban J connectivity index is 2.74. The Morgan fingerprint density at radius 3 is 2.50 bits per heavy atom. The summed E-state index contributed by atoms with van der Waals surface area (Å²) in [5.41, 5.74) is 1.41. The van der Waals surface area contributed by atoms with Gasteiger partial charge in [-0.1, -0.05) is 24.3 Å². The molecule has 0 aromatic heterocycles. The molecule has 1 aromatic rings. The third-order valence-corrected chi connectivity index (χ3v) is 2.82. The Morgan fingerprint density at radius 1 is 1.39 bits per heavy atom. The van der Waals surface area contributed by atoms with Crippen LogP contribution in [0.25, 0.3) is 6.08 Å². The standard InChI is InChI=1S/C13H16O4S/c1-17-12(15)7-4-9-2-5-10(6-3-9)13(16)11(14)8-18/h2-7,11,13-14,16,18H,8H2,1H3/b7-4+. The number of aliphatic hydroxyl groups is 2. The van der Waals surface area contributed by atoms with E-state index in [2.05, 4.69) is 17.4 Å². The SMILES string of the molecule is COC(=O)/C=C/c1ccc(C(O)C(O)CS)cc1. The molecule has 2 N–H and O–H groups in total. The highest BCUT2D eigenvalue weighted by molar-refractivity contribution is 7.80. The summed E-state index contributed by atoms with van der Waals surface area (Å²) < 4.78 is 4.47. The highest BCUT2D eigenvalue weighted by atomic mass is 32.1. The van der Waals surface area contributed by atoms with E-state index in [0.717, 1.165) is 5.56 Å². The van der Waals surface area contributed by atoms with Crippen molar-refractivity contribution in [3.63, 3.8) is 0 Å². The molecule has 0 saturated heterocycles. The molecule has 0 fully saturated rings. The number of ether oxygens (including phenoxy) is 1. The Kier molecular flexibility index (Phi) is 5.91. The first-order chi connectivity index (χ1) is 8.58. The summed E-state index contributed by atoms with van der Waals surface area (Å²) >= 11 is 3.92. The van der Waals surface area contributed by atoms with Gasteiger partial charge in [0, 0.05) is 11.8 Å². The second-order valence-corrected chi connectivity index (χ2v) is 4.08. The van der Waals surface area contributed by atoms with Gasteiger partial charge in [0.05, 0.1) is 13.2 Å². The van der Waals surface area contributed by atoms with E-state index in [1.54, 1.807) is 30.3 Å². The second kappa shape index (κ2) is 7.20. The molecule has 0 amide bonds. The normalized spacial score (nSPS) is 14.4. The lowest BCUT2D eigenvalue weighted by Gasteiger charge is -2.16. The molecule has 0 aliphatic carbocycles. The van der Waals surface area contributed by atoms with E-state index in [4.69, 9.17) is 0 Å². The van der Waals surface area contributed by atoms with Crippen LogP contribution < -0.4 is 0 Å². The summed E-state index contributed by atoms with van der Waals surface area (Å²) in [5.74, 6) is -0.241.